The largest absolute Gasteiger partial charge is 0.222 e. The molecule has 0 saturated heterocycles. The summed E-state index contributed by atoms with van der Waals surface area (Å²) in [5.41, 5.74) is 6.35. The number of hydrogen-bond donors (Lipinski definition) is 0. The minimum absolute atomic E-state index is 0.592. The number of hydrogen-bond acceptors (Lipinski definition) is 1. The van der Waals surface area contributed by atoms with E-state index in [2.05, 4.69) is 87.1 Å². The molecule has 1 saturated carbocycles. The van der Waals surface area contributed by atoms with Crippen molar-refractivity contribution in [1.82, 2.24) is 0 Å². The average Bonchev–Trinajstić information content (AvgIpc) is 2.85. The first-order chi connectivity index (χ1) is 16.0. The molecular formula is C31H34NS+. The quantitative estimate of drug-likeness (QED) is 0.248. The van der Waals surface area contributed by atoms with Crippen molar-refractivity contribution in [2.45, 2.75) is 75.0 Å². The molecule has 3 aromatic carbocycles. The summed E-state index contributed by atoms with van der Waals surface area (Å²) in [6, 6.07) is 18.6. The van der Waals surface area contributed by atoms with Gasteiger partial charge in [-0.25, -0.2) is 4.57 Å². The second-order valence-corrected chi connectivity index (χ2v) is 11.5. The second-order valence-electron chi connectivity index (χ2n) is 10.4. The summed E-state index contributed by atoms with van der Waals surface area (Å²) in [4.78, 5) is 2.84. The van der Waals surface area contributed by atoms with Gasteiger partial charge in [0.05, 0.1) is 10.9 Å². The van der Waals surface area contributed by atoms with Crippen molar-refractivity contribution in [3.63, 3.8) is 0 Å². The molecule has 2 heteroatoms. The summed E-state index contributed by atoms with van der Waals surface area (Å²) in [6.07, 6.45) is 10.4. The number of nitrogens with zero attached hydrogens (tertiary/aromatic N) is 1. The molecule has 0 amide bonds. The van der Waals surface area contributed by atoms with Crippen LogP contribution >= 0.6 is 11.8 Å². The third-order valence-electron chi connectivity index (χ3n) is 8.97. The first kappa shape index (κ1) is 21.2. The molecule has 1 aliphatic heterocycles. The topological polar surface area (TPSA) is 3.88 Å². The second kappa shape index (κ2) is 7.87. The fourth-order valence-electron chi connectivity index (χ4n) is 6.62. The van der Waals surface area contributed by atoms with Crippen LogP contribution in [0.2, 0.25) is 0 Å². The van der Waals surface area contributed by atoms with Gasteiger partial charge >= 0.3 is 0 Å². The van der Waals surface area contributed by atoms with E-state index >= 15 is 0 Å². The van der Waals surface area contributed by atoms with Gasteiger partial charge in [0.2, 0.25) is 5.69 Å². The lowest BCUT2D eigenvalue weighted by molar-refractivity contribution is -0.659. The van der Waals surface area contributed by atoms with Gasteiger partial charge in [-0.05, 0) is 83.4 Å². The van der Waals surface area contributed by atoms with Crippen LogP contribution < -0.4 is 4.57 Å². The Morgan fingerprint density at radius 3 is 2.45 bits per heavy atom. The van der Waals surface area contributed by atoms with Crippen LogP contribution in [0.3, 0.4) is 0 Å². The molecule has 0 N–H and O–H groups in total. The lowest BCUT2D eigenvalue weighted by Gasteiger charge is -2.39. The minimum Gasteiger partial charge on any atom is -0.200 e. The zero-order chi connectivity index (χ0) is 22.7. The van der Waals surface area contributed by atoms with Crippen LogP contribution in [0.15, 0.2) is 64.5 Å². The van der Waals surface area contributed by atoms with Crippen molar-refractivity contribution in [2.75, 3.05) is 0 Å². The molecule has 0 unspecified atom stereocenters. The molecule has 2 heterocycles. The van der Waals surface area contributed by atoms with Crippen molar-refractivity contribution in [2.24, 2.45) is 12.5 Å². The highest BCUT2D eigenvalue weighted by Crippen LogP contribution is 2.52. The molecule has 4 aromatic rings. The number of benzene rings is 3. The van der Waals surface area contributed by atoms with Crippen LogP contribution in [-0.2, 0) is 7.05 Å². The first-order valence-electron chi connectivity index (χ1n) is 12.7. The molecule has 0 bridgehead atoms. The number of fused-ring (bicyclic) bond motifs is 3. The number of rotatable bonds is 3. The van der Waals surface area contributed by atoms with Crippen LogP contribution in [0, 0.1) is 12.3 Å². The monoisotopic (exact) mass is 452 g/mol. The molecule has 1 fully saturated rings. The Balaban J connectivity index is 1.50. The maximum Gasteiger partial charge on any atom is 0.222 e. The normalized spacial score (nSPS) is 17.5. The van der Waals surface area contributed by atoms with Crippen LogP contribution in [0.5, 0.6) is 0 Å². The van der Waals surface area contributed by atoms with E-state index in [1.165, 1.54) is 86.7 Å². The highest BCUT2D eigenvalue weighted by atomic mass is 32.2. The van der Waals surface area contributed by atoms with Crippen molar-refractivity contribution >= 4 is 33.3 Å². The van der Waals surface area contributed by atoms with Crippen molar-refractivity contribution in [3.05, 3.63) is 65.9 Å². The Labute approximate surface area is 202 Å². The lowest BCUT2D eigenvalue weighted by Crippen LogP contribution is -2.31. The van der Waals surface area contributed by atoms with E-state index in [9.17, 15) is 0 Å². The van der Waals surface area contributed by atoms with Gasteiger partial charge in [0.25, 0.3) is 0 Å². The summed E-state index contributed by atoms with van der Waals surface area (Å²) in [7, 11) is 2.21. The van der Waals surface area contributed by atoms with E-state index in [0.29, 0.717) is 11.3 Å². The first-order valence-corrected chi connectivity index (χ1v) is 13.5. The predicted molar refractivity (Wildman–Crippen MR) is 141 cm³/mol. The molecule has 0 radical (unpaired) electrons. The Morgan fingerprint density at radius 1 is 0.939 bits per heavy atom. The highest BCUT2D eigenvalue weighted by Gasteiger charge is 2.34. The Morgan fingerprint density at radius 2 is 1.70 bits per heavy atom. The summed E-state index contributed by atoms with van der Waals surface area (Å²) >= 11 is 1.99. The van der Waals surface area contributed by atoms with Crippen LogP contribution in [0.25, 0.3) is 32.8 Å². The molecule has 0 spiro atoms. The van der Waals surface area contributed by atoms with E-state index in [1.54, 1.807) is 5.56 Å². The van der Waals surface area contributed by atoms with Crippen LogP contribution in [0.4, 0.5) is 0 Å². The SMILES string of the molecule is CCC1(CC)CCC(c2cc3c4c([n+](C)ccc4c2)-c2c(cc4ccccc4c2C)S3)CC1. The standard InChI is InChI=1S/C31H34NS/c1-5-31(6-2)14-11-21(12-15-31)24-17-23-13-16-32(4)30-28-20(3)25-10-8-7-9-22(25)18-26(28)33-27(19-24)29(23)30/h7-10,13,16-19,21H,5-6,11-12,14-15H2,1-4H3/q+1. The van der Waals surface area contributed by atoms with Gasteiger partial charge in [-0.3, -0.25) is 0 Å². The van der Waals surface area contributed by atoms with E-state index < -0.39 is 0 Å². The number of aromatic nitrogens is 1. The van der Waals surface area contributed by atoms with Crippen molar-refractivity contribution in [1.29, 1.82) is 0 Å². The van der Waals surface area contributed by atoms with Gasteiger partial charge in [0, 0.05) is 15.9 Å². The van der Waals surface area contributed by atoms with Gasteiger partial charge in [0.15, 0.2) is 6.20 Å². The molecule has 1 nitrogen and oxygen atoms in total. The fraction of sp³-hybridized carbons (Fsp3) is 0.387. The highest BCUT2D eigenvalue weighted by molar-refractivity contribution is 7.99. The minimum atomic E-state index is 0.592. The van der Waals surface area contributed by atoms with Crippen molar-refractivity contribution in [3.8, 4) is 11.3 Å². The maximum absolute atomic E-state index is 2.54. The average molecular weight is 453 g/mol. The summed E-state index contributed by atoms with van der Waals surface area (Å²) in [5, 5.41) is 5.56. The molecule has 0 atom stereocenters. The molecule has 2 aliphatic rings. The van der Waals surface area contributed by atoms with Crippen LogP contribution in [0.1, 0.15) is 69.4 Å². The van der Waals surface area contributed by atoms with Gasteiger partial charge in [-0.15, -0.1) is 0 Å². The third kappa shape index (κ3) is 3.25. The molecule has 33 heavy (non-hydrogen) atoms. The fourth-order valence-corrected chi connectivity index (χ4v) is 7.90. The maximum atomic E-state index is 2.54. The third-order valence-corrected chi connectivity index (χ3v) is 10.1. The Bertz CT molecular complexity index is 1390. The summed E-state index contributed by atoms with van der Waals surface area (Å²) < 4.78 is 2.34. The number of aryl methyl sites for hydroxylation is 2. The predicted octanol–water partition coefficient (Wildman–Crippen LogP) is 8.72. The molecule has 1 aromatic heterocycles. The zero-order valence-corrected chi connectivity index (χ0v) is 21.2. The van der Waals surface area contributed by atoms with Crippen molar-refractivity contribution < 1.29 is 4.57 Å². The molecule has 6 rings (SSSR count). The van der Waals surface area contributed by atoms with Gasteiger partial charge < -0.3 is 0 Å². The Hall–Kier alpha value is -2.32. The zero-order valence-electron chi connectivity index (χ0n) is 20.4. The lowest BCUT2D eigenvalue weighted by atomic mass is 9.66. The van der Waals surface area contributed by atoms with E-state index in [-0.39, 0.29) is 0 Å². The van der Waals surface area contributed by atoms with E-state index in [1.807, 2.05) is 11.8 Å². The van der Waals surface area contributed by atoms with Gasteiger partial charge in [-0.1, -0.05) is 68.8 Å². The summed E-state index contributed by atoms with van der Waals surface area (Å²) in [6.45, 7) is 7.09. The smallest absolute Gasteiger partial charge is 0.200 e. The molecule has 1 aliphatic carbocycles. The summed E-state index contributed by atoms with van der Waals surface area (Å²) in [5.74, 6) is 0.703. The van der Waals surface area contributed by atoms with E-state index in [0.717, 1.165) is 0 Å². The van der Waals surface area contributed by atoms with Gasteiger partial charge in [0.1, 0.15) is 7.05 Å². The Kier molecular flexibility index (Phi) is 5.07. The van der Waals surface area contributed by atoms with E-state index in [4.69, 9.17) is 0 Å². The van der Waals surface area contributed by atoms with Gasteiger partial charge in [-0.2, -0.15) is 0 Å². The number of pyridine rings is 1. The van der Waals surface area contributed by atoms with Crippen LogP contribution in [-0.4, -0.2) is 0 Å². The molecular weight excluding hydrogens is 418 g/mol. The molecule has 168 valence electrons.